The maximum Gasteiger partial charge on any atom is 0.229 e. The molecule has 7 N–H and O–H groups in total. The molecule has 10 atom stereocenters. The fourth-order valence-corrected chi connectivity index (χ4v) is 3.63. The van der Waals surface area contributed by atoms with E-state index in [0.717, 1.165) is 0 Å². The number of benzene rings is 1. The topological polar surface area (TPSA) is 205 Å². The van der Waals surface area contributed by atoms with Crippen molar-refractivity contribution >= 4 is 6.29 Å². The molecule has 2 aliphatic heterocycles. The Kier molecular flexibility index (Phi) is 8.58. The fraction of sp³-hybridized carbons (Fsp3) is 0.650. The van der Waals surface area contributed by atoms with Crippen LogP contribution in [0.4, 0.5) is 0 Å². The lowest BCUT2D eigenvalue weighted by atomic mass is 9.97. The fourth-order valence-electron chi connectivity index (χ4n) is 3.63. The molecule has 2 saturated heterocycles. The number of carbonyl (C=O) groups excluding carboxylic acids is 1. The predicted octanol–water partition coefficient (Wildman–Crippen LogP) is -3.49. The van der Waals surface area contributed by atoms with Crippen molar-refractivity contribution in [3.8, 4) is 11.5 Å². The van der Waals surface area contributed by atoms with Crippen molar-refractivity contribution in [2.24, 2.45) is 0 Å². The van der Waals surface area contributed by atoms with Crippen molar-refractivity contribution in [1.29, 1.82) is 0 Å². The van der Waals surface area contributed by atoms with Crippen LogP contribution in [0.1, 0.15) is 10.4 Å². The summed E-state index contributed by atoms with van der Waals surface area (Å²) in [6, 6.07) is 4.23. The van der Waals surface area contributed by atoms with Crippen LogP contribution in [0.3, 0.4) is 0 Å². The van der Waals surface area contributed by atoms with Gasteiger partial charge >= 0.3 is 0 Å². The molecule has 13 heteroatoms. The van der Waals surface area contributed by atoms with Crippen LogP contribution in [0.25, 0.3) is 0 Å². The number of aliphatic hydroxyl groups excluding tert-OH is 7. The summed E-state index contributed by atoms with van der Waals surface area (Å²) in [7, 11) is 1.34. The summed E-state index contributed by atoms with van der Waals surface area (Å²) in [4.78, 5) is 10.9. The average Bonchev–Trinajstić information content (AvgIpc) is 2.83. The number of methoxy groups -OCH3 is 1. The molecular formula is C20H28O13. The second kappa shape index (κ2) is 11.0. The second-order valence-electron chi connectivity index (χ2n) is 7.65. The van der Waals surface area contributed by atoms with Crippen LogP contribution >= 0.6 is 0 Å². The highest BCUT2D eigenvalue weighted by Gasteiger charge is 2.51. The monoisotopic (exact) mass is 476 g/mol. The van der Waals surface area contributed by atoms with E-state index in [4.69, 9.17) is 23.7 Å². The standard InChI is InChI=1S/C20H28O13/c1-29-10-4-8(5-21)2-3-9(10)30-19-17(28)15(26)18(12(7-23)32-19)33-20-16(27)14(25)13(24)11(6-22)31-20/h2-5,11-20,22-28H,6-7H2,1H3/t11-,12-,13+,14+,15-,16-,17-,18-,19-,20+/m1/s1. The molecule has 0 radical (unpaired) electrons. The predicted molar refractivity (Wildman–Crippen MR) is 105 cm³/mol. The lowest BCUT2D eigenvalue weighted by Gasteiger charge is -2.45. The molecule has 2 heterocycles. The van der Waals surface area contributed by atoms with Crippen LogP contribution in [0, 0.1) is 0 Å². The summed E-state index contributed by atoms with van der Waals surface area (Å²) in [5.41, 5.74) is 0.311. The third-order valence-corrected chi connectivity index (χ3v) is 5.53. The Morgan fingerprint density at radius 3 is 2.09 bits per heavy atom. The first-order valence-electron chi connectivity index (χ1n) is 10.1. The van der Waals surface area contributed by atoms with E-state index in [0.29, 0.717) is 11.8 Å². The minimum Gasteiger partial charge on any atom is -0.493 e. The van der Waals surface area contributed by atoms with Crippen LogP contribution in [0.5, 0.6) is 11.5 Å². The third-order valence-electron chi connectivity index (χ3n) is 5.53. The molecule has 0 unspecified atom stereocenters. The molecule has 1 aromatic rings. The van der Waals surface area contributed by atoms with Crippen molar-refractivity contribution in [2.75, 3.05) is 20.3 Å². The zero-order valence-electron chi connectivity index (χ0n) is 17.6. The van der Waals surface area contributed by atoms with E-state index in [1.165, 1.54) is 25.3 Å². The minimum absolute atomic E-state index is 0.0874. The molecule has 33 heavy (non-hydrogen) atoms. The van der Waals surface area contributed by atoms with E-state index < -0.39 is 74.6 Å². The first-order valence-corrected chi connectivity index (χ1v) is 10.1. The number of hydrogen-bond acceptors (Lipinski definition) is 13. The van der Waals surface area contributed by atoms with Gasteiger partial charge in [0.25, 0.3) is 0 Å². The number of rotatable bonds is 8. The molecule has 0 spiro atoms. The van der Waals surface area contributed by atoms with E-state index in [1.807, 2.05) is 0 Å². The summed E-state index contributed by atoms with van der Waals surface area (Å²) < 4.78 is 27.0. The summed E-state index contributed by atoms with van der Waals surface area (Å²) in [5.74, 6) is 0.245. The van der Waals surface area contributed by atoms with Crippen LogP contribution in [-0.4, -0.2) is 124 Å². The molecule has 13 nitrogen and oxygen atoms in total. The van der Waals surface area contributed by atoms with Crippen molar-refractivity contribution in [1.82, 2.24) is 0 Å². The van der Waals surface area contributed by atoms with Crippen molar-refractivity contribution < 1.29 is 64.2 Å². The summed E-state index contributed by atoms with van der Waals surface area (Å²) in [6.45, 7) is -1.39. The van der Waals surface area contributed by atoms with Crippen LogP contribution in [-0.2, 0) is 14.2 Å². The zero-order chi connectivity index (χ0) is 24.3. The summed E-state index contributed by atoms with van der Waals surface area (Å²) >= 11 is 0. The van der Waals surface area contributed by atoms with Gasteiger partial charge in [-0.05, 0) is 18.2 Å². The van der Waals surface area contributed by atoms with E-state index in [1.54, 1.807) is 0 Å². The average molecular weight is 476 g/mol. The first kappa shape index (κ1) is 25.7. The van der Waals surface area contributed by atoms with Crippen LogP contribution in [0.15, 0.2) is 18.2 Å². The Morgan fingerprint density at radius 2 is 1.48 bits per heavy atom. The maximum absolute atomic E-state index is 10.9. The smallest absolute Gasteiger partial charge is 0.229 e. The van der Waals surface area contributed by atoms with E-state index >= 15 is 0 Å². The largest absolute Gasteiger partial charge is 0.493 e. The van der Waals surface area contributed by atoms with Gasteiger partial charge in [0.05, 0.1) is 20.3 Å². The highest BCUT2D eigenvalue weighted by Crippen LogP contribution is 2.33. The molecule has 2 aliphatic rings. The molecule has 1 aromatic carbocycles. The van der Waals surface area contributed by atoms with E-state index in [-0.39, 0.29) is 11.5 Å². The molecule has 186 valence electrons. The Labute approximate surface area is 188 Å². The molecule has 2 fully saturated rings. The Morgan fingerprint density at radius 1 is 0.848 bits per heavy atom. The second-order valence-corrected chi connectivity index (χ2v) is 7.65. The molecule has 0 saturated carbocycles. The molecule has 0 aliphatic carbocycles. The van der Waals surface area contributed by atoms with Gasteiger partial charge in [0.15, 0.2) is 17.8 Å². The van der Waals surface area contributed by atoms with Gasteiger partial charge < -0.3 is 59.4 Å². The van der Waals surface area contributed by atoms with Crippen molar-refractivity contribution in [3.63, 3.8) is 0 Å². The van der Waals surface area contributed by atoms with Gasteiger partial charge in [-0.2, -0.15) is 0 Å². The number of carbonyl (C=O) groups is 1. The lowest BCUT2D eigenvalue weighted by Crippen LogP contribution is -2.65. The quantitative estimate of drug-likeness (QED) is 0.182. The highest BCUT2D eigenvalue weighted by molar-refractivity contribution is 5.76. The molecule has 0 amide bonds. The molecule has 0 bridgehead atoms. The number of ether oxygens (including phenoxy) is 5. The minimum atomic E-state index is -1.76. The normalized spacial score (nSPS) is 39.2. The van der Waals surface area contributed by atoms with Gasteiger partial charge in [0.1, 0.15) is 55.1 Å². The Balaban J connectivity index is 1.75. The lowest BCUT2D eigenvalue weighted by molar-refractivity contribution is -0.352. The molecular weight excluding hydrogens is 448 g/mol. The molecule has 0 aromatic heterocycles. The highest BCUT2D eigenvalue weighted by atomic mass is 16.7. The summed E-state index contributed by atoms with van der Waals surface area (Å²) in [6.07, 6.45) is -15.0. The van der Waals surface area contributed by atoms with Gasteiger partial charge in [0.2, 0.25) is 6.29 Å². The van der Waals surface area contributed by atoms with Crippen LogP contribution in [0.2, 0.25) is 0 Å². The van der Waals surface area contributed by atoms with Gasteiger partial charge in [-0.25, -0.2) is 0 Å². The Bertz CT molecular complexity index is 787. The van der Waals surface area contributed by atoms with Gasteiger partial charge in [-0.15, -0.1) is 0 Å². The molecule has 3 rings (SSSR count). The maximum atomic E-state index is 10.9. The number of aliphatic hydroxyl groups is 7. The zero-order valence-corrected chi connectivity index (χ0v) is 17.6. The van der Waals surface area contributed by atoms with Crippen LogP contribution < -0.4 is 9.47 Å². The third kappa shape index (κ3) is 5.27. The number of aldehydes is 1. The first-order chi connectivity index (χ1) is 15.7. The van der Waals surface area contributed by atoms with Crippen molar-refractivity contribution in [2.45, 2.75) is 61.4 Å². The van der Waals surface area contributed by atoms with Crippen molar-refractivity contribution in [3.05, 3.63) is 23.8 Å². The number of hydrogen-bond donors (Lipinski definition) is 7. The van der Waals surface area contributed by atoms with Gasteiger partial charge in [-0.3, -0.25) is 4.79 Å². The van der Waals surface area contributed by atoms with Gasteiger partial charge in [-0.1, -0.05) is 0 Å². The Hall–Kier alpha value is -1.91. The van der Waals surface area contributed by atoms with Gasteiger partial charge in [0, 0.05) is 5.56 Å². The summed E-state index contributed by atoms with van der Waals surface area (Å²) in [5, 5.41) is 70.2. The van der Waals surface area contributed by atoms with E-state index in [9.17, 15) is 40.5 Å². The van der Waals surface area contributed by atoms with E-state index in [2.05, 4.69) is 0 Å². The SMILES string of the molecule is COc1cc(C=O)ccc1O[C@@H]1O[C@H](CO)[C@@H](O[C@@H]2O[C@H](CO)[C@H](O)[C@H](O)[C@H]2O)[C@H](O)[C@H]1O.